The summed E-state index contributed by atoms with van der Waals surface area (Å²) in [5, 5.41) is 10.0. The first-order chi connectivity index (χ1) is 9.04. The van der Waals surface area contributed by atoms with E-state index in [1.807, 2.05) is 32.9 Å². The minimum absolute atomic E-state index is 0.155. The van der Waals surface area contributed by atoms with Crippen LogP contribution in [-0.4, -0.2) is 21.7 Å². The fourth-order valence-corrected chi connectivity index (χ4v) is 2.27. The zero-order valence-electron chi connectivity index (χ0n) is 11.5. The second kappa shape index (κ2) is 5.45. The van der Waals surface area contributed by atoms with Crippen molar-refractivity contribution < 1.29 is 14.6 Å². The molecule has 102 valence electrons. The summed E-state index contributed by atoms with van der Waals surface area (Å²) in [6, 6.07) is 7.29. The van der Waals surface area contributed by atoms with Gasteiger partial charge in [-0.15, -0.1) is 0 Å². The molecule has 0 atom stereocenters. The van der Waals surface area contributed by atoms with Gasteiger partial charge in [0.1, 0.15) is 0 Å². The fourth-order valence-electron chi connectivity index (χ4n) is 2.27. The molecule has 4 nitrogen and oxygen atoms in total. The Hall–Kier alpha value is -1.81. The number of hydrogen-bond donors (Lipinski definition) is 1. The van der Waals surface area contributed by atoms with Gasteiger partial charge in [0.05, 0.1) is 18.3 Å². The third-order valence-corrected chi connectivity index (χ3v) is 3.14. The molecule has 1 heterocycles. The lowest BCUT2D eigenvalue weighted by molar-refractivity contribution is 0.0620. The Morgan fingerprint density at radius 3 is 2.74 bits per heavy atom. The van der Waals surface area contributed by atoms with Crippen molar-refractivity contribution in [2.75, 3.05) is 0 Å². The highest BCUT2D eigenvalue weighted by Crippen LogP contribution is 2.24. The summed E-state index contributed by atoms with van der Waals surface area (Å²) in [4.78, 5) is 11.2. The zero-order chi connectivity index (χ0) is 14.0. The molecule has 2 rings (SSSR count). The summed E-state index contributed by atoms with van der Waals surface area (Å²) in [6.07, 6.45) is 0.155. The van der Waals surface area contributed by atoms with E-state index < -0.39 is 5.97 Å². The van der Waals surface area contributed by atoms with Crippen molar-refractivity contribution in [3.8, 4) is 0 Å². The van der Waals surface area contributed by atoms with E-state index in [1.165, 1.54) is 0 Å². The largest absolute Gasteiger partial charge is 0.478 e. The maximum atomic E-state index is 11.2. The van der Waals surface area contributed by atoms with Crippen LogP contribution in [-0.2, 0) is 17.9 Å². The molecule has 1 N–H and O–H groups in total. The monoisotopic (exact) mass is 261 g/mol. The van der Waals surface area contributed by atoms with Gasteiger partial charge in [-0.2, -0.15) is 0 Å². The van der Waals surface area contributed by atoms with Gasteiger partial charge >= 0.3 is 5.97 Å². The van der Waals surface area contributed by atoms with Crippen LogP contribution in [0.5, 0.6) is 0 Å². The molecule has 1 aromatic carbocycles. The van der Waals surface area contributed by atoms with Crippen molar-refractivity contribution in [3.05, 3.63) is 35.5 Å². The number of hydrogen-bond acceptors (Lipinski definition) is 2. The highest BCUT2D eigenvalue weighted by molar-refractivity contribution is 6.03. The van der Waals surface area contributed by atoms with Crippen molar-refractivity contribution in [2.24, 2.45) is 0 Å². The lowest BCUT2D eigenvalue weighted by Gasteiger charge is -2.10. The van der Waals surface area contributed by atoms with E-state index in [0.717, 1.165) is 23.1 Å². The number of rotatable bonds is 5. The van der Waals surface area contributed by atoms with Gasteiger partial charge < -0.3 is 14.4 Å². The van der Waals surface area contributed by atoms with Crippen molar-refractivity contribution in [1.82, 2.24) is 4.57 Å². The standard InChI is InChI=1S/C15H19NO3/c1-4-16-11(9-19-10(2)3)8-13-12(15(17)18)6-5-7-14(13)16/h5-8,10H,4,9H2,1-3H3,(H,17,18). The van der Waals surface area contributed by atoms with Crippen LogP contribution in [0.15, 0.2) is 24.3 Å². The molecule has 19 heavy (non-hydrogen) atoms. The average molecular weight is 261 g/mol. The molecule has 0 aliphatic heterocycles. The molecule has 0 saturated carbocycles. The number of carbonyl (C=O) groups is 1. The number of carboxylic acid groups (broad SMARTS) is 1. The SMILES string of the molecule is CCn1c(COC(C)C)cc2c(C(=O)O)cccc21. The summed E-state index contributed by atoms with van der Waals surface area (Å²) < 4.78 is 7.73. The van der Waals surface area contributed by atoms with Crippen LogP contribution in [0.2, 0.25) is 0 Å². The molecule has 0 amide bonds. The molecule has 0 bridgehead atoms. The first kappa shape index (κ1) is 13.6. The van der Waals surface area contributed by atoms with Gasteiger partial charge in [0.2, 0.25) is 0 Å². The van der Waals surface area contributed by atoms with Crippen LogP contribution in [0.3, 0.4) is 0 Å². The quantitative estimate of drug-likeness (QED) is 0.898. The number of aromatic nitrogens is 1. The summed E-state index contributed by atoms with van der Waals surface area (Å²) in [7, 11) is 0. The Balaban J connectivity index is 2.53. The van der Waals surface area contributed by atoms with Gasteiger partial charge in [-0.05, 0) is 39.0 Å². The van der Waals surface area contributed by atoms with Gasteiger partial charge in [-0.25, -0.2) is 4.79 Å². The predicted molar refractivity (Wildman–Crippen MR) is 74.5 cm³/mol. The van der Waals surface area contributed by atoms with E-state index >= 15 is 0 Å². The minimum Gasteiger partial charge on any atom is -0.478 e. The van der Waals surface area contributed by atoms with Crippen LogP contribution in [0, 0.1) is 0 Å². The third kappa shape index (κ3) is 2.63. The third-order valence-electron chi connectivity index (χ3n) is 3.14. The molecule has 0 unspecified atom stereocenters. The van der Waals surface area contributed by atoms with E-state index in [0.29, 0.717) is 12.2 Å². The summed E-state index contributed by atoms with van der Waals surface area (Å²) >= 11 is 0. The Kier molecular flexibility index (Phi) is 3.90. The smallest absolute Gasteiger partial charge is 0.336 e. The van der Waals surface area contributed by atoms with E-state index in [9.17, 15) is 9.90 Å². The Morgan fingerprint density at radius 2 is 2.16 bits per heavy atom. The maximum Gasteiger partial charge on any atom is 0.336 e. The normalized spacial score (nSPS) is 11.4. The van der Waals surface area contributed by atoms with E-state index in [4.69, 9.17) is 4.74 Å². The number of aryl methyl sites for hydroxylation is 1. The average Bonchev–Trinajstić information content (AvgIpc) is 2.73. The predicted octanol–water partition coefficient (Wildman–Crippen LogP) is 3.28. The molecule has 2 aromatic rings. The van der Waals surface area contributed by atoms with E-state index in [1.54, 1.807) is 12.1 Å². The minimum atomic E-state index is -0.893. The second-order valence-electron chi connectivity index (χ2n) is 4.78. The molecule has 4 heteroatoms. The van der Waals surface area contributed by atoms with E-state index in [2.05, 4.69) is 4.57 Å². The molecular weight excluding hydrogens is 242 g/mol. The van der Waals surface area contributed by atoms with Crippen LogP contribution in [0.4, 0.5) is 0 Å². The van der Waals surface area contributed by atoms with Crippen LogP contribution in [0.25, 0.3) is 10.9 Å². The van der Waals surface area contributed by atoms with Crippen molar-refractivity contribution in [2.45, 2.75) is 40.0 Å². The zero-order valence-corrected chi connectivity index (χ0v) is 11.5. The number of benzene rings is 1. The van der Waals surface area contributed by atoms with Crippen molar-refractivity contribution in [1.29, 1.82) is 0 Å². The lowest BCUT2D eigenvalue weighted by atomic mass is 10.1. The van der Waals surface area contributed by atoms with Crippen LogP contribution >= 0.6 is 0 Å². The van der Waals surface area contributed by atoms with Gasteiger partial charge in [-0.3, -0.25) is 0 Å². The number of nitrogens with zero attached hydrogens (tertiary/aromatic N) is 1. The summed E-state index contributed by atoms with van der Waals surface area (Å²) in [6.45, 7) is 7.32. The van der Waals surface area contributed by atoms with Gasteiger partial charge in [0, 0.05) is 23.1 Å². The number of ether oxygens (including phenoxy) is 1. The molecule has 0 aliphatic rings. The van der Waals surface area contributed by atoms with Gasteiger partial charge in [0.25, 0.3) is 0 Å². The molecule has 0 saturated heterocycles. The van der Waals surface area contributed by atoms with Gasteiger partial charge in [0.15, 0.2) is 0 Å². The Morgan fingerprint density at radius 1 is 1.42 bits per heavy atom. The molecule has 1 aromatic heterocycles. The highest BCUT2D eigenvalue weighted by atomic mass is 16.5. The number of aromatic carboxylic acids is 1. The molecular formula is C15H19NO3. The molecule has 0 radical (unpaired) electrons. The first-order valence-electron chi connectivity index (χ1n) is 6.50. The number of fused-ring (bicyclic) bond motifs is 1. The second-order valence-corrected chi connectivity index (χ2v) is 4.78. The topological polar surface area (TPSA) is 51.5 Å². The molecule has 0 spiro atoms. The Labute approximate surface area is 112 Å². The van der Waals surface area contributed by atoms with Crippen molar-refractivity contribution in [3.63, 3.8) is 0 Å². The van der Waals surface area contributed by atoms with E-state index in [-0.39, 0.29) is 6.10 Å². The molecule has 0 fully saturated rings. The van der Waals surface area contributed by atoms with Gasteiger partial charge in [-0.1, -0.05) is 6.07 Å². The first-order valence-corrected chi connectivity index (χ1v) is 6.50. The summed E-state index contributed by atoms with van der Waals surface area (Å²) in [5.41, 5.74) is 2.31. The highest BCUT2D eigenvalue weighted by Gasteiger charge is 2.14. The summed E-state index contributed by atoms with van der Waals surface area (Å²) in [5.74, 6) is -0.893. The maximum absolute atomic E-state index is 11.2. The number of carboxylic acids is 1. The van der Waals surface area contributed by atoms with Crippen LogP contribution in [0.1, 0.15) is 36.8 Å². The Bertz CT molecular complexity index is 599. The van der Waals surface area contributed by atoms with Crippen LogP contribution < -0.4 is 0 Å². The lowest BCUT2D eigenvalue weighted by Crippen LogP contribution is -2.07. The van der Waals surface area contributed by atoms with Crippen molar-refractivity contribution >= 4 is 16.9 Å². The fraction of sp³-hybridized carbons (Fsp3) is 0.400. The molecule has 0 aliphatic carbocycles.